The highest BCUT2D eigenvalue weighted by atomic mass is 35.5. The van der Waals surface area contributed by atoms with Gasteiger partial charge in [-0.05, 0) is 18.1 Å². The third kappa shape index (κ3) is 4.11. The van der Waals surface area contributed by atoms with Gasteiger partial charge in [0.1, 0.15) is 5.15 Å². The van der Waals surface area contributed by atoms with E-state index in [9.17, 15) is 0 Å². The standard InChI is InChI=1S/C11H13ClN2S/c1-3-8(2)7-15-11-5-9(6-13)4-10(12)14-11/h4-5,8H,3,7H2,1-2H3. The summed E-state index contributed by atoms with van der Waals surface area (Å²) in [6, 6.07) is 5.43. The summed E-state index contributed by atoms with van der Waals surface area (Å²) >= 11 is 7.45. The molecule has 0 fully saturated rings. The highest BCUT2D eigenvalue weighted by Gasteiger charge is 2.04. The van der Waals surface area contributed by atoms with Crippen molar-refractivity contribution in [2.45, 2.75) is 25.3 Å². The van der Waals surface area contributed by atoms with Crippen molar-refractivity contribution in [3.63, 3.8) is 0 Å². The molecular weight excluding hydrogens is 228 g/mol. The number of hydrogen-bond acceptors (Lipinski definition) is 3. The first-order chi connectivity index (χ1) is 7.15. The molecule has 15 heavy (non-hydrogen) atoms. The lowest BCUT2D eigenvalue weighted by molar-refractivity contribution is 0.636. The van der Waals surface area contributed by atoms with E-state index in [1.165, 1.54) is 0 Å². The zero-order chi connectivity index (χ0) is 11.3. The van der Waals surface area contributed by atoms with Crippen molar-refractivity contribution in [3.8, 4) is 6.07 Å². The summed E-state index contributed by atoms with van der Waals surface area (Å²) in [6.45, 7) is 4.36. The smallest absolute Gasteiger partial charge is 0.131 e. The van der Waals surface area contributed by atoms with E-state index in [4.69, 9.17) is 16.9 Å². The van der Waals surface area contributed by atoms with Crippen LogP contribution < -0.4 is 0 Å². The molecule has 1 atom stereocenters. The molecule has 1 rings (SSSR count). The Morgan fingerprint density at radius 3 is 2.93 bits per heavy atom. The van der Waals surface area contributed by atoms with E-state index in [0.29, 0.717) is 16.6 Å². The molecule has 0 radical (unpaired) electrons. The van der Waals surface area contributed by atoms with Crippen LogP contribution in [0.3, 0.4) is 0 Å². The molecule has 0 aromatic carbocycles. The predicted octanol–water partition coefficient (Wildman–Crippen LogP) is 3.74. The maximum absolute atomic E-state index is 8.76. The van der Waals surface area contributed by atoms with Crippen LogP contribution in [0.1, 0.15) is 25.8 Å². The van der Waals surface area contributed by atoms with E-state index in [1.54, 1.807) is 23.9 Å². The Morgan fingerprint density at radius 1 is 1.60 bits per heavy atom. The molecule has 1 unspecified atom stereocenters. The zero-order valence-corrected chi connectivity index (χ0v) is 10.4. The van der Waals surface area contributed by atoms with Crippen LogP contribution in [0.2, 0.25) is 5.15 Å². The summed E-state index contributed by atoms with van der Waals surface area (Å²) in [5, 5.41) is 9.99. The quantitative estimate of drug-likeness (QED) is 0.594. The minimum atomic E-state index is 0.390. The molecule has 0 N–H and O–H groups in total. The molecule has 0 aliphatic rings. The van der Waals surface area contributed by atoms with Crippen molar-refractivity contribution in [1.29, 1.82) is 5.26 Å². The van der Waals surface area contributed by atoms with Crippen molar-refractivity contribution in [1.82, 2.24) is 4.98 Å². The van der Waals surface area contributed by atoms with Crippen LogP contribution >= 0.6 is 23.4 Å². The summed E-state index contributed by atoms with van der Waals surface area (Å²) in [5.74, 6) is 1.66. The number of nitrogens with zero attached hydrogens (tertiary/aromatic N) is 2. The molecule has 0 spiro atoms. The molecule has 80 valence electrons. The second-order valence-corrected chi connectivity index (χ2v) is 4.88. The fourth-order valence-corrected chi connectivity index (χ4v) is 2.28. The molecule has 0 bridgehead atoms. The average molecular weight is 241 g/mol. The van der Waals surface area contributed by atoms with Gasteiger partial charge in [-0.15, -0.1) is 11.8 Å². The molecule has 0 saturated carbocycles. The van der Waals surface area contributed by atoms with E-state index in [2.05, 4.69) is 24.9 Å². The topological polar surface area (TPSA) is 36.7 Å². The average Bonchev–Trinajstić information content (AvgIpc) is 2.25. The number of thioether (sulfide) groups is 1. The number of pyridine rings is 1. The predicted molar refractivity (Wildman–Crippen MR) is 64.1 cm³/mol. The lowest BCUT2D eigenvalue weighted by Gasteiger charge is -2.07. The molecule has 1 heterocycles. The Labute approximate surface area is 99.7 Å². The maximum Gasteiger partial charge on any atom is 0.131 e. The van der Waals surface area contributed by atoms with Gasteiger partial charge < -0.3 is 0 Å². The number of nitriles is 1. The third-order valence-electron chi connectivity index (χ3n) is 2.11. The highest BCUT2D eigenvalue weighted by molar-refractivity contribution is 7.99. The van der Waals surface area contributed by atoms with Gasteiger partial charge in [0, 0.05) is 5.75 Å². The summed E-state index contributed by atoms with van der Waals surface area (Å²) in [7, 11) is 0. The van der Waals surface area contributed by atoms with Gasteiger partial charge in [-0.1, -0.05) is 31.9 Å². The summed E-state index contributed by atoms with van der Waals surface area (Å²) in [4.78, 5) is 4.17. The summed E-state index contributed by atoms with van der Waals surface area (Å²) < 4.78 is 0. The van der Waals surface area contributed by atoms with Gasteiger partial charge in [0.05, 0.1) is 16.7 Å². The van der Waals surface area contributed by atoms with Crippen LogP contribution in [-0.4, -0.2) is 10.7 Å². The zero-order valence-electron chi connectivity index (χ0n) is 8.83. The van der Waals surface area contributed by atoms with E-state index in [1.807, 2.05) is 0 Å². The molecule has 0 aliphatic carbocycles. The lowest BCUT2D eigenvalue weighted by atomic mass is 10.2. The van der Waals surface area contributed by atoms with Crippen LogP contribution in [0.5, 0.6) is 0 Å². The molecule has 0 amide bonds. The first-order valence-electron chi connectivity index (χ1n) is 4.86. The molecule has 0 aliphatic heterocycles. The second-order valence-electron chi connectivity index (χ2n) is 3.45. The van der Waals surface area contributed by atoms with Crippen molar-refractivity contribution in [3.05, 3.63) is 22.8 Å². The van der Waals surface area contributed by atoms with Crippen LogP contribution in [0.4, 0.5) is 0 Å². The normalized spacial score (nSPS) is 12.1. The van der Waals surface area contributed by atoms with Gasteiger partial charge >= 0.3 is 0 Å². The first kappa shape index (κ1) is 12.4. The first-order valence-corrected chi connectivity index (χ1v) is 6.22. The van der Waals surface area contributed by atoms with E-state index < -0.39 is 0 Å². The summed E-state index contributed by atoms with van der Waals surface area (Å²) in [5.41, 5.74) is 0.571. The molecular formula is C11H13ClN2S. The maximum atomic E-state index is 8.76. The van der Waals surface area contributed by atoms with Gasteiger partial charge in [0.15, 0.2) is 0 Å². The molecule has 2 nitrogen and oxygen atoms in total. The van der Waals surface area contributed by atoms with Crippen molar-refractivity contribution in [2.75, 3.05) is 5.75 Å². The number of aromatic nitrogens is 1. The molecule has 0 saturated heterocycles. The van der Waals surface area contributed by atoms with Crippen LogP contribution in [0, 0.1) is 17.2 Å². The van der Waals surface area contributed by atoms with Crippen LogP contribution in [-0.2, 0) is 0 Å². The van der Waals surface area contributed by atoms with Gasteiger partial charge in [0.2, 0.25) is 0 Å². The minimum absolute atomic E-state index is 0.390. The summed E-state index contributed by atoms with van der Waals surface area (Å²) in [6.07, 6.45) is 1.15. The number of rotatable bonds is 4. The Bertz CT molecular complexity index is 373. The largest absolute Gasteiger partial charge is 0.230 e. The van der Waals surface area contributed by atoms with Crippen molar-refractivity contribution < 1.29 is 0 Å². The van der Waals surface area contributed by atoms with Crippen LogP contribution in [0.25, 0.3) is 0 Å². The van der Waals surface area contributed by atoms with E-state index >= 15 is 0 Å². The third-order valence-corrected chi connectivity index (χ3v) is 3.55. The van der Waals surface area contributed by atoms with Crippen LogP contribution in [0.15, 0.2) is 17.2 Å². The van der Waals surface area contributed by atoms with Gasteiger partial charge in [0.25, 0.3) is 0 Å². The second kappa shape index (κ2) is 5.99. The molecule has 4 heteroatoms. The fourth-order valence-electron chi connectivity index (χ4n) is 0.957. The minimum Gasteiger partial charge on any atom is -0.230 e. The van der Waals surface area contributed by atoms with Crippen molar-refractivity contribution in [2.24, 2.45) is 5.92 Å². The monoisotopic (exact) mass is 240 g/mol. The number of hydrogen-bond donors (Lipinski definition) is 0. The molecule has 1 aromatic heterocycles. The fraction of sp³-hybridized carbons (Fsp3) is 0.455. The Kier molecular flexibility index (Phi) is 4.93. The van der Waals surface area contributed by atoms with Gasteiger partial charge in [-0.25, -0.2) is 4.98 Å². The molecule has 1 aromatic rings. The van der Waals surface area contributed by atoms with Crippen molar-refractivity contribution >= 4 is 23.4 Å². The van der Waals surface area contributed by atoms with Gasteiger partial charge in [-0.2, -0.15) is 5.26 Å². The Morgan fingerprint density at radius 2 is 2.33 bits per heavy atom. The highest BCUT2D eigenvalue weighted by Crippen LogP contribution is 2.22. The Hall–Kier alpha value is -0.720. The Balaban J connectivity index is 2.69. The SMILES string of the molecule is CCC(C)CSc1cc(C#N)cc(Cl)n1. The number of halogens is 1. The lowest BCUT2D eigenvalue weighted by Crippen LogP contribution is -1.96. The van der Waals surface area contributed by atoms with E-state index in [-0.39, 0.29) is 0 Å². The van der Waals surface area contributed by atoms with Gasteiger partial charge in [-0.3, -0.25) is 0 Å². The van der Waals surface area contributed by atoms with E-state index in [0.717, 1.165) is 17.2 Å².